The topological polar surface area (TPSA) is 47.3 Å². The predicted octanol–water partition coefficient (Wildman–Crippen LogP) is 5.13. The smallest absolute Gasteiger partial charge is 0.122 e. The van der Waals surface area contributed by atoms with Crippen LogP contribution in [0.2, 0.25) is 5.02 Å². The van der Waals surface area contributed by atoms with Crippen LogP contribution in [0.1, 0.15) is 36.6 Å². The highest BCUT2D eigenvalue weighted by Gasteiger charge is 2.26. The molecule has 4 nitrogen and oxygen atoms in total. The van der Waals surface area contributed by atoms with Crippen LogP contribution in [0.5, 0.6) is 5.75 Å². The maximum Gasteiger partial charge on any atom is 0.122 e. The van der Waals surface area contributed by atoms with Gasteiger partial charge in [0.25, 0.3) is 0 Å². The minimum absolute atomic E-state index is 0. The molecule has 0 spiro atoms. The molecular formula is C21H24Cl2N2O2. The van der Waals surface area contributed by atoms with E-state index in [1.807, 2.05) is 37.3 Å². The molecule has 0 amide bonds. The number of rotatable bonds is 6. The Morgan fingerprint density at radius 1 is 1.26 bits per heavy atom. The third kappa shape index (κ3) is 4.23. The van der Waals surface area contributed by atoms with Gasteiger partial charge in [-0.25, -0.2) is 4.98 Å². The molecule has 0 bridgehead atoms. The van der Waals surface area contributed by atoms with E-state index in [-0.39, 0.29) is 19.0 Å². The molecule has 3 aromatic rings. The molecule has 0 saturated heterocycles. The van der Waals surface area contributed by atoms with Gasteiger partial charge in [-0.05, 0) is 55.7 Å². The van der Waals surface area contributed by atoms with Crippen molar-refractivity contribution >= 4 is 35.0 Å². The second-order valence-corrected chi connectivity index (χ2v) is 7.51. The minimum Gasteiger partial charge on any atom is -0.491 e. The molecule has 0 radical (unpaired) electrons. The van der Waals surface area contributed by atoms with Gasteiger partial charge >= 0.3 is 0 Å². The Hall–Kier alpha value is -1.75. The summed E-state index contributed by atoms with van der Waals surface area (Å²) in [4.78, 5) is 4.83. The lowest BCUT2D eigenvalue weighted by atomic mass is 9.85. The van der Waals surface area contributed by atoms with Crippen molar-refractivity contribution < 1.29 is 9.84 Å². The number of fused-ring (bicyclic) bond motifs is 1. The predicted molar refractivity (Wildman–Crippen MR) is 111 cm³/mol. The summed E-state index contributed by atoms with van der Waals surface area (Å²) in [5, 5.41) is 11.3. The van der Waals surface area contributed by atoms with Crippen LogP contribution in [0.15, 0.2) is 42.5 Å². The Bertz CT molecular complexity index is 922. The fourth-order valence-corrected chi connectivity index (χ4v) is 3.71. The fourth-order valence-electron chi connectivity index (χ4n) is 3.49. The first-order valence-corrected chi connectivity index (χ1v) is 9.52. The standard InChI is InChI=1S/C21H23ClN2O2.ClH/c1-14-11-16(22)9-10-20(14)26-13-17(25)12-24-19-8-3-2-7-18(19)23-21(24)15-5-4-6-15;/h2-3,7-11,15,17,25H,4-6,12-13H2,1H3;1H. The number of para-hydroxylation sites is 2. The molecule has 2 aromatic carbocycles. The first-order valence-electron chi connectivity index (χ1n) is 9.14. The van der Waals surface area contributed by atoms with Gasteiger partial charge in [0.05, 0.1) is 17.6 Å². The summed E-state index contributed by atoms with van der Waals surface area (Å²) in [6, 6.07) is 13.6. The molecule has 144 valence electrons. The third-order valence-corrected chi connectivity index (χ3v) is 5.35. The van der Waals surface area contributed by atoms with Gasteiger partial charge in [0, 0.05) is 10.9 Å². The van der Waals surface area contributed by atoms with E-state index in [1.165, 1.54) is 19.3 Å². The summed E-state index contributed by atoms with van der Waals surface area (Å²) < 4.78 is 7.98. The molecule has 1 aliphatic carbocycles. The maximum atomic E-state index is 10.6. The van der Waals surface area contributed by atoms with Crippen LogP contribution in [0.4, 0.5) is 0 Å². The SMILES string of the molecule is Cc1cc(Cl)ccc1OCC(O)Cn1c(C2CCC2)nc2ccccc21.Cl. The Kier molecular flexibility index (Phi) is 6.30. The van der Waals surface area contributed by atoms with Crippen LogP contribution in [-0.2, 0) is 6.54 Å². The van der Waals surface area contributed by atoms with Crippen molar-refractivity contribution in [3.05, 3.63) is 58.9 Å². The summed E-state index contributed by atoms with van der Waals surface area (Å²) in [7, 11) is 0. The van der Waals surface area contributed by atoms with Crippen LogP contribution in [0.3, 0.4) is 0 Å². The first-order chi connectivity index (χ1) is 12.6. The van der Waals surface area contributed by atoms with Gasteiger partial charge in [0.1, 0.15) is 24.3 Å². The number of aliphatic hydroxyl groups excluding tert-OH is 1. The quantitative estimate of drug-likeness (QED) is 0.617. The Morgan fingerprint density at radius 2 is 2.04 bits per heavy atom. The normalized spacial score (nSPS) is 15.2. The van der Waals surface area contributed by atoms with Gasteiger partial charge in [-0.2, -0.15) is 0 Å². The number of benzene rings is 2. The highest BCUT2D eigenvalue weighted by atomic mass is 35.5. The lowest BCUT2D eigenvalue weighted by Gasteiger charge is -2.26. The van der Waals surface area contributed by atoms with E-state index in [0.29, 0.717) is 17.5 Å². The van der Waals surface area contributed by atoms with E-state index in [0.717, 1.165) is 28.2 Å². The molecule has 27 heavy (non-hydrogen) atoms. The largest absolute Gasteiger partial charge is 0.491 e. The number of hydrogen-bond acceptors (Lipinski definition) is 3. The zero-order valence-corrected chi connectivity index (χ0v) is 16.8. The zero-order chi connectivity index (χ0) is 18.1. The number of aliphatic hydroxyl groups is 1. The highest BCUT2D eigenvalue weighted by Crippen LogP contribution is 2.37. The molecule has 4 rings (SSSR count). The molecule has 1 atom stereocenters. The molecule has 1 heterocycles. The van der Waals surface area contributed by atoms with E-state index in [1.54, 1.807) is 6.07 Å². The van der Waals surface area contributed by atoms with Crippen LogP contribution < -0.4 is 4.74 Å². The second-order valence-electron chi connectivity index (χ2n) is 7.07. The fraction of sp³-hybridized carbons (Fsp3) is 0.381. The Morgan fingerprint density at radius 3 is 2.74 bits per heavy atom. The molecular weight excluding hydrogens is 383 g/mol. The number of nitrogens with zero attached hydrogens (tertiary/aromatic N) is 2. The molecule has 1 N–H and O–H groups in total. The van der Waals surface area contributed by atoms with Crippen LogP contribution in [0.25, 0.3) is 11.0 Å². The van der Waals surface area contributed by atoms with Crippen LogP contribution >= 0.6 is 24.0 Å². The van der Waals surface area contributed by atoms with Crippen LogP contribution in [0, 0.1) is 6.92 Å². The van der Waals surface area contributed by atoms with Crippen molar-refractivity contribution in [2.45, 2.75) is 44.8 Å². The molecule has 0 aliphatic heterocycles. The monoisotopic (exact) mass is 406 g/mol. The molecule has 1 unspecified atom stereocenters. The highest BCUT2D eigenvalue weighted by molar-refractivity contribution is 6.30. The van der Waals surface area contributed by atoms with E-state index in [4.69, 9.17) is 21.3 Å². The number of imidazole rings is 1. The summed E-state index contributed by atoms with van der Waals surface area (Å²) in [5.41, 5.74) is 3.04. The summed E-state index contributed by atoms with van der Waals surface area (Å²) >= 11 is 5.98. The van der Waals surface area contributed by atoms with Gasteiger partial charge in [-0.15, -0.1) is 12.4 Å². The molecule has 1 aliphatic rings. The number of aryl methyl sites for hydroxylation is 1. The average Bonchev–Trinajstić information content (AvgIpc) is 2.91. The van der Waals surface area contributed by atoms with Gasteiger partial charge < -0.3 is 14.4 Å². The van der Waals surface area contributed by atoms with Gasteiger partial charge in [0.2, 0.25) is 0 Å². The van der Waals surface area contributed by atoms with Crippen molar-refractivity contribution in [3.8, 4) is 5.75 Å². The van der Waals surface area contributed by atoms with Gasteiger partial charge in [-0.1, -0.05) is 30.2 Å². The van der Waals surface area contributed by atoms with E-state index < -0.39 is 6.10 Å². The summed E-state index contributed by atoms with van der Waals surface area (Å²) in [5.74, 6) is 2.36. The Balaban J connectivity index is 0.00000210. The van der Waals surface area contributed by atoms with Crippen molar-refractivity contribution in [2.75, 3.05) is 6.61 Å². The molecule has 1 fully saturated rings. The number of aromatic nitrogens is 2. The van der Waals surface area contributed by atoms with E-state index >= 15 is 0 Å². The van der Waals surface area contributed by atoms with Crippen LogP contribution in [-0.4, -0.2) is 27.4 Å². The molecule has 1 aromatic heterocycles. The van der Waals surface area contributed by atoms with Crippen molar-refractivity contribution in [1.82, 2.24) is 9.55 Å². The summed E-state index contributed by atoms with van der Waals surface area (Å²) in [6.45, 7) is 2.67. The maximum absolute atomic E-state index is 10.6. The number of hydrogen-bond donors (Lipinski definition) is 1. The summed E-state index contributed by atoms with van der Waals surface area (Å²) in [6.07, 6.45) is 3.01. The average molecular weight is 407 g/mol. The third-order valence-electron chi connectivity index (χ3n) is 5.12. The van der Waals surface area contributed by atoms with Crippen molar-refractivity contribution in [1.29, 1.82) is 0 Å². The second kappa shape index (κ2) is 8.51. The lowest BCUT2D eigenvalue weighted by Crippen LogP contribution is -2.26. The number of ether oxygens (including phenoxy) is 1. The van der Waals surface area contributed by atoms with Gasteiger partial charge in [0.15, 0.2) is 0 Å². The van der Waals surface area contributed by atoms with E-state index in [9.17, 15) is 5.11 Å². The van der Waals surface area contributed by atoms with Crippen molar-refractivity contribution in [3.63, 3.8) is 0 Å². The first kappa shape index (κ1) is 20.0. The number of halogens is 2. The van der Waals surface area contributed by atoms with Crippen molar-refractivity contribution in [2.24, 2.45) is 0 Å². The minimum atomic E-state index is -0.610. The Labute approximate surface area is 170 Å². The molecule has 6 heteroatoms. The molecule has 1 saturated carbocycles. The lowest BCUT2D eigenvalue weighted by molar-refractivity contribution is 0.0916. The van der Waals surface area contributed by atoms with Gasteiger partial charge in [-0.3, -0.25) is 0 Å². The zero-order valence-electron chi connectivity index (χ0n) is 15.3. The van der Waals surface area contributed by atoms with E-state index in [2.05, 4.69) is 10.6 Å².